The van der Waals surface area contributed by atoms with Gasteiger partial charge in [-0.05, 0) is 35.7 Å². The van der Waals surface area contributed by atoms with Crippen molar-refractivity contribution in [1.82, 2.24) is 4.98 Å². The molecule has 0 unspecified atom stereocenters. The molecule has 7 nitrogen and oxygen atoms in total. The first kappa shape index (κ1) is 18.3. The number of para-hydroxylation sites is 2. The predicted octanol–water partition coefficient (Wildman–Crippen LogP) is 2.95. The molecule has 0 bridgehead atoms. The summed E-state index contributed by atoms with van der Waals surface area (Å²) in [6.07, 6.45) is 0. The van der Waals surface area contributed by atoms with Gasteiger partial charge in [-0.25, -0.2) is 10.8 Å². The molecule has 0 fully saturated rings. The molecule has 138 valence electrons. The zero-order valence-electron chi connectivity index (χ0n) is 15.3. The molecular weight excluding hydrogens is 340 g/mol. The molecule has 1 heterocycles. The molecular formula is C20H22N6O. The van der Waals surface area contributed by atoms with Crippen LogP contribution in [0.3, 0.4) is 0 Å². The molecule has 1 aromatic heterocycles. The second-order valence-corrected chi connectivity index (χ2v) is 6.39. The number of anilines is 2. The van der Waals surface area contributed by atoms with E-state index in [1.807, 2.05) is 54.6 Å². The average Bonchev–Trinajstić information content (AvgIpc) is 2.67. The highest BCUT2D eigenvalue weighted by Gasteiger charge is 2.14. The number of amidine groups is 1. The number of hydrazine groups is 1. The lowest BCUT2D eigenvalue weighted by Gasteiger charge is -2.19. The Morgan fingerprint density at radius 1 is 1.07 bits per heavy atom. The van der Waals surface area contributed by atoms with Crippen molar-refractivity contribution in [3.05, 3.63) is 66.2 Å². The molecule has 3 aromatic rings. The Labute approximate surface area is 157 Å². The van der Waals surface area contributed by atoms with Crippen LogP contribution in [-0.2, 0) is 4.79 Å². The molecule has 7 heteroatoms. The number of aromatic nitrogens is 1. The first-order valence-corrected chi connectivity index (χ1v) is 8.60. The van der Waals surface area contributed by atoms with Gasteiger partial charge in [-0.2, -0.15) is 5.12 Å². The fourth-order valence-corrected chi connectivity index (χ4v) is 2.72. The summed E-state index contributed by atoms with van der Waals surface area (Å²) in [6.45, 7) is 4.11. The van der Waals surface area contributed by atoms with E-state index in [0.29, 0.717) is 11.5 Å². The molecule has 0 atom stereocenters. The first-order chi connectivity index (χ1) is 13.0. The van der Waals surface area contributed by atoms with Gasteiger partial charge in [0, 0.05) is 5.39 Å². The van der Waals surface area contributed by atoms with Gasteiger partial charge < -0.3 is 11.1 Å². The van der Waals surface area contributed by atoms with Gasteiger partial charge in [-0.15, -0.1) is 5.10 Å². The third kappa shape index (κ3) is 4.21. The van der Waals surface area contributed by atoms with Crippen LogP contribution in [0.25, 0.3) is 10.9 Å². The van der Waals surface area contributed by atoms with E-state index in [2.05, 4.69) is 29.2 Å². The number of fused-ring (bicyclic) bond motifs is 1. The van der Waals surface area contributed by atoms with Crippen molar-refractivity contribution in [3.63, 3.8) is 0 Å². The number of benzene rings is 2. The van der Waals surface area contributed by atoms with Crippen molar-refractivity contribution in [1.29, 1.82) is 0 Å². The highest BCUT2D eigenvalue weighted by atomic mass is 16.2. The number of hydrogen-bond acceptors (Lipinski definition) is 5. The standard InChI is InChI=1S/C20H22N6O/c1-13(2)15-8-4-6-10-17(15)26(22)25-19(21)20(27)24-18-12-11-14-7-3-5-9-16(14)23-18/h3-13H,22H2,1-2H3,(H2,21,25)(H,23,24,27). The third-order valence-corrected chi connectivity index (χ3v) is 4.09. The zero-order valence-corrected chi connectivity index (χ0v) is 15.3. The topological polar surface area (TPSA) is 110 Å². The third-order valence-electron chi connectivity index (χ3n) is 4.09. The molecule has 27 heavy (non-hydrogen) atoms. The van der Waals surface area contributed by atoms with Gasteiger partial charge in [0.05, 0.1) is 11.2 Å². The molecule has 5 N–H and O–H groups in total. The maximum atomic E-state index is 12.3. The normalized spacial score (nSPS) is 11.6. The van der Waals surface area contributed by atoms with Gasteiger partial charge >= 0.3 is 0 Å². The highest BCUT2D eigenvalue weighted by Crippen LogP contribution is 2.25. The quantitative estimate of drug-likeness (QED) is 0.286. The Balaban J connectivity index is 1.77. The zero-order chi connectivity index (χ0) is 19.4. The van der Waals surface area contributed by atoms with E-state index in [9.17, 15) is 4.79 Å². The van der Waals surface area contributed by atoms with Crippen molar-refractivity contribution in [2.45, 2.75) is 19.8 Å². The van der Waals surface area contributed by atoms with Crippen LogP contribution < -0.4 is 22.0 Å². The Kier molecular flexibility index (Phi) is 5.33. The summed E-state index contributed by atoms with van der Waals surface area (Å²) in [5.41, 5.74) is 8.30. The molecule has 0 radical (unpaired) electrons. The molecule has 1 amide bonds. The largest absolute Gasteiger partial charge is 0.378 e. The maximum Gasteiger partial charge on any atom is 0.293 e. The Morgan fingerprint density at radius 2 is 1.78 bits per heavy atom. The Morgan fingerprint density at radius 3 is 2.56 bits per heavy atom. The van der Waals surface area contributed by atoms with Crippen LogP contribution in [0, 0.1) is 0 Å². The molecule has 0 aliphatic rings. The fourth-order valence-electron chi connectivity index (χ4n) is 2.72. The highest BCUT2D eigenvalue weighted by molar-refractivity contribution is 6.41. The lowest BCUT2D eigenvalue weighted by atomic mass is 10.0. The van der Waals surface area contributed by atoms with Gasteiger partial charge in [-0.3, -0.25) is 4.79 Å². The minimum absolute atomic E-state index is 0.249. The fraction of sp³-hybridized carbons (Fsp3) is 0.150. The molecule has 0 saturated carbocycles. The van der Waals surface area contributed by atoms with Gasteiger partial charge in [0.25, 0.3) is 5.91 Å². The first-order valence-electron chi connectivity index (χ1n) is 8.60. The number of carbonyl (C=O) groups excluding carboxylic acids is 1. The van der Waals surface area contributed by atoms with Crippen LogP contribution in [0.15, 0.2) is 65.8 Å². The molecule has 0 aliphatic carbocycles. The summed E-state index contributed by atoms with van der Waals surface area (Å²) < 4.78 is 0. The van der Waals surface area contributed by atoms with E-state index in [1.54, 1.807) is 6.07 Å². The summed E-state index contributed by atoms with van der Waals surface area (Å²) in [6, 6.07) is 18.8. The molecule has 0 saturated heterocycles. The second kappa shape index (κ2) is 7.84. The molecule has 0 aliphatic heterocycles. The van der Waals surface area contributed by atoms with Gasteiger partial charge in [-0.1, -0.05) is 50.2 Å². The van der Waals surface area contributed by atoms with E-state index < -0.39 is 5.91 Å². The number of carbonyl (C=O) groups is 1. The van der Waals surface area contributed by atoms with Crippen LogP contribution in [0.2, 0.25) is 0 Å². The van der Waals surface area contributed by atoms with Crippen LogP contribution in [0.5, 0.6) is 0 Å². The van der Waals surface area contributed by atoms with E-state index in [-0.39, 0.29) is 11.8 Å². The summed E-state index contributed by atoms with van der Waals surface area (Å²) in [5.74, 6) is 5.82. The van der Waals surface area contributed by atoms with Gasteiger partial charge in [0.2, 0.25) is 5.84 Å². The van der Waals surface area contributed by atoms with Crippen molar-refractivity contribution in [2.75, 3.05) is 10.4 Å². The lowest BCUT2D eigenvalue weighted by molar-refractivity contribution is -0.110. The smallest absolute Gasteiger partial charge is 0.293 e. The van der Waals surface area contributed by atoms with Crippen molar-refractivity contribution >= 4 is 34.2 Å². The number of hydrazone groups is 1. The average molecular weight is 362 g/mol. The summed E-state index contributed by atoms with van der Waals surface area (Å²) >= 11 is 0. The summed E-state index contributed by atoms with van der Waals surface area (Å²) in [4.78, 5) is 16.7. The summed E-state index contributed by atoms with van der Waals surface area (Å²) in [7, 11) is 0. The Bertz CT molecular complexity index is 998. The lowest BCUT2D eigenvalue weighted by Crippen LogP contribution is -2.36. The number of nitrogens with two attached hydrogens (primary N) is 2. The van der Waals surface area contributed by atoms with E-state index in [1.165, 1.54) is 0 Å². The minimum atomic E-state index is -0.574. The van der Waals surface area contributed by atoms with Gasteiger partial charge in [0.15, 0.2) is 0 Å². The van der Waals surface area contributed by atoms with Crippen molar-refractivity contribution < 1.29 is 4.79 Å². The second-order valence-electron chi connectivity index (χ2n) is 6.39. The Hall–Kier alpha value is -3.45. The summed E-state index contributed by atoms with van der Waals surface area (Å²) in [5, 5.41) is 8.76. The number of hydrogen-bond donors (Lipinski definition) is 3. The molecule has 2 aromatic carbocycles. The van der Waals surface area contributed by atoms with Gasteiger partial charge in [0.1, 0.15) is 5.82 Å². The number of pyridine rings is 1. The number of nitrogens with zero attached hydrogens (tertiary/aromatic N) is 3. The maximum absolute atomic E-state index is 12.3. The van der Waals surface area contributed by atoms with Crippen LogP contribution in [0.4, 0.5) is 11.5 Å². The van der Waals surface area contributed by atoms with Crippen LogP contribution >= 0.6 is 0 Å². The van der Waals surface area contributed by atoms with E-state index >= 15 is 0 Å². The number of amides is 1. The molecule has 0 spiro atoms. The number of nitrogens with one attached hydrogen (secondary N) is 1. The van der Waals surface area contributed by atoms with Crippen molar-refractivity contribution in [3.8, 4) is 0 Å². The van der Waals surface area contributed by atoms with E-state index in [0.717, 1.165) is 21.6 Å². The predicted molar refractivity (Wildman–Crippen MR) is 109 cm³/mol. The SMILES string of the molecule is CC(C)c1ccccc1N(N)/N=C(\N)C(=O)Nc1ccc2ccccc2n1. The monoisotopic (exact) mass is 362 g/mol. The minimum Gasteiger partial charge on any atom is -0.378 e. The van der Waals surface area contributed by atoms with Crippen molar-refractivity contribution in [2.24, 2.45) is 16.7 Å². The van der Waals surface area contributed by atoms with Crippen LogP contribution in [-0.4, -0.2) is 16.7 Å². The number of rotatable bonds is 4. The molecule has 3 rings (SSSR count). The van der Waals surface area contributed by atoms with Crippen LogP contribution in [0.1, 0.15) is 25.3 Å². The van der Waals surface area contributed by atoms with E-state index in [4.69, 9.17) is 11.6 Å².